The van der Waals surface area contributed by atoms with Gasteiger partial charge in [0.15, 0.2) is 0 Å². The molecule has 108 valence electrons. The first kappa shape index (κ1) is 14.4. The minimum Gasteiger partial charge on any atom is -0.481 e. The van der Waals surface area contributed by atoms with Crippen molar-refractivity contribution in [3.05, 3.63) is 0 Å². The number of rotatable bonds is 4. The van der Waals surface area contributed by atoms with Crippen LogP contribution in [0.3, 0.4) is 0 Å². The Morgan fingerprint density at radius 1 is 1.00 bits per heavy atom. The molecule has 1 amide bonds. The molecule has 2 saturated carbocycles. The number of carbonyl (C=O) groups excluding carboxylic acids is 1. The molecule has 0 saturated heterocycles. The SMILES string of the molecule is O=C(CC1(C(=O)O)CCCCCC1)NC1CCCC1. The molecule has 2 N–H and O–H groups in total. The van der Waals surface area contributed by atoms with Crippen molar-refractivity contribution >= 4 is 11.9 Å². The third kappa shape index (κ3) is 3.71. The van der Waals surface area contributed by atoms with Crippen LogP contribution in [0.1, 0.15) is 70.6 Å². The lowest BCUT2D eigenvalue weighted by atomic mass is 9.77. The molecule has 0 atom stereocenters. The number of hydrogen-bond donors (Lipinski definition) is 2. The van der Waals surface area contributed by atoms with Crippen LogP contribution < -0.4 is 5.32 Å². The van der Waals surface area contributed by atoms with Crippen LogP contribution in [-0.2, 0) is 9.59 Å². The van der Waals surface area contributed by atoms with Crippen LogP contribution in [0.5, 0.6) is 0 Å². The molecule has 0 unspecified atom stereocenters. The van der Waals surface area contributed by atoms with Gasteiger partial charge in [-0.25, -0.2) is 0 Å². The van der Waals surface area contributed by atoms with Crippen molar-refractivity contribution in [1.82, 2.24) is 5.32 Å². The molecule has 0 aromatic rings. The van der Waals surface area contributed by atoms with Gasteiger partial charge in [0.05, 0.1) is 5.41 Å². The first-order chi connectivity index (χ1) is 9.12. The number of carbonyl (C=O) groups is 2. The third-order valence-corrected chi connectivity index (χ3v) is 4.73. The lowest BCUT2D eigenvalue weighted by molar-refractivity contribution is -0.153. The van der Waals surface area contributed by atoms with E-state index in [0.29, 0.717) is 12.8 Å². The molecule has 2 aliphatic rings. The second-order valence-corrected chi connectivity index (χ2v) is 6.23. The number of carboxylic acid groups (broad SMARTS) is 1. The fourth-order valence-corrected chi connectivity index (χ4v) is 3.53. The first-order valence-electron chi connectivity index (χ1n) is 7.65. The van der Waals surface area contributed by atoms with Crippen LogP contribution in [0.25, 0.3) is 0 Å². The zero-order valence-corrected chi connectivity index (χ0v) is 11.6. The summed E-state index contributed by atoms with van der Waals surface area (Å²) >= 11 is 0. The highest BCUT2D eigenvalue weighted by Crippen LogP contribution is 2.38. The van der Waals surface area contributed by atoms with Crippen LogP contribution >= 0.6 is 0 Å². The number of carboxylic acids is 1. The summed E-state index contributed by atoms with van der Waals surface area (Å²) in [5.74, 6) is -0.841. The summed E-state index contributed by atoms with van der Waals surface area (Å²) < 4.78 is 0. The fraction of sp³-hybridized carbons (Fsp3) is 0.867. The Balaban J connectivity index is 1.94. The van der Waals surface area contributed by atoms with Crippen molar-refractivity contribution in [3.8, 4) is 0 Å². The number of aliphatic carboxylic acids is 1. The summed E-state index contributed by atoms with van der Waals surface area (Å²) in [5, 5.41) is 12.6. The average Bonchev–Trinajstić information content (AvgIpc) is 2.73. The van der Waals surface area contributed by atoms with Gasteiger partial charge in [-0.05, 0) is 25.7 Å². The Morgan fingerprint density at radius 2 is 1.58 bits per heavy atom. The molecule has 4 heteroatoms. The predicted octanol–water partition coefficient (Wildman–Crippen LogP) is 2.86. The second-order valence-electron chi connectivity index (χ2n) is 6.23. The lowest BCUT2D eigenvalue weighted by Gasteiger charge is -2.28. The van der Waals surface area contributed by atoms with Gasteiger partial charge in [-0.3, -0.25) is 9.59 Å². The van der Waals surface area contributed by atoms with Crippen molar-refractivity contribution in [3.63, 3.8) is 0 Å². The predicted molar refractivity (Wildman–Crippen MR) is 72.8 cm³/mol. The minimum absolute atomic E-state index is 0.0591. The van der Waals surface area contributed by atoms with Gasteiger partial charge in [0, 0.05) is 12.5 Å². The maximum atomic E-state index is 12.1. The molecule has 0 aromatic heterocycles. The second kappa shape index (κ2) is 6.40. The van der Waals surface area contributed by atoms with Crippen molar-refractivity contribution in [2.75, 3.05) is 0 Å². The maximum Gasteiger partial charge on any atom is 0.310 e. The molecule has 19 heavy (non-hydrogen) atoms. The van der Waals surface area contributed by atoms with Gasteiger partial charge in [0.1, 0.15) is 0 Å². The fourth-order valence-electron chi connectivity index (χ4n) is 3.53. The zero-order valence-electron chi connectivity index (χ0n) is 11.6. The third-order valence-electron chi connectivity index (χ3n) is 4.73. The lowest BCUT2D eigenvalue weighted by Crippen LogP contribution is -2.40. The van der Waals surface area contributed by atoms with E-state index in [-0.39, 0.29) is 18.4 Å². The molecule has 0 heterocycles. The van der Waals surface area contributed by atoms with Crippen molar-refractivity contribution in [1.29, 1.82) is 0 Å². The number of amides is 1. The molecule has 0 spiro atoms. The summed E-state index contributed by atoms with van der Waals surface area (Å²) in [6.45, 7) is 0. The molecule has 2 rings (SSSR count). The van der Waals surface area contributed by atoms with E-state index >= 15 is 0 Å². The summed E-state index contributed by atoms with van der Waals surface area (Å²) in [7, 11) is 0. The molecule has 2 fully saturated rings. The number of nitrogens with one attached hydrogen (secondary N) is 1. The molecule has 0 aromatic carbocycles. The van der Waals surface area contributed by atoms with Crippen molar-refractivity contribution in [2.45, 2.75) is 76.7 Å². The van der Waals surface area contributed by atoms with E-state index in [0.717, 1.165) is 38.5 Å². The topological polar surface area (TPSA) is 66.4 Å². The largest absolute Gasteiger partial charge is 0.481 e. The standard InChI is InChI=1S/C15H25NO3/c17-13(16-12-7-3-4-8-12)11-15(14(18)19)9-5-1-2-6-10-15/h12H,1-11H2,(H,16,17)(H,18,19). The van der Waals surface area contributed by atoms with Gasteiger partial charge in [0.2, 0.25) is 5.91 Å². The van der Waals surface area contributed by atoms with Crippen LogP contribution in [0, 0.1) is 5.41 Å². The van der Waals surface area contributed by atoms with E-state index in [1.165, 1.54) is 12.8 Å². The molecule has 4 nitrogen and oxygen atoms in total. The summed E-state index contributed by atoms with van der Waals surface area (Å²) in [5.41, 5.74) is -0.806. The van der Waals surface area contributed by atoms with E-state index in [2.05, 4.69) is 5.32 Å². The van der Waals surface area contributed by atoms with E-state index in [4.69, 9.17) is 0 Å². The molecular weight excluding hydrogens is 242 g/mol. The summed E-state index contributed by atoms with van der Waals surface area (Å²) in [4.78, 5) is 23.7. The number of hydrogen-bond acceptors (Lipinski definition) is 2. The normalized spacial score (nSPS) is 23.8. The minimum atomic E-state index is -0.806. The monoisotopic (exact) mass is 267 g/mol. The van der Waals surface area contributed by atoms with Gasteiger partial charge in [0.25, 0.3) is 0 Å². The summed E-state index contributed by atoms with van der Waals surface area (Å²) in [6.07, 6.45) is 9.98. The molecular formula is C15H25NO3. The van der Waals surface area contributed by atoms with Gasteiger partial charge >= 0.3 is 5.97 Å². The van der Waals surface area contributed by atoms with E-state index in [9.17, 15) is 14.7 Å². The van der Waals surface area contributed by atoms with Crippen LogP contribution in [0.2, 0.25) is 0 Å². The molecule has 0 radical (unpaired) electrons. The highest BCUT2D eigenvalue weighted by Gasteiger charge is 2.40. The van der Waals surface area contributed by atoms with Crippen molar-refractivity contribution < 1.29 is 14.7 Å². The molecule has 2 aliphatic carbocycles. The zero-order chi connectivity index (χ0) is 13.7. The van der Waals surface area contributed by atoms with Crippen molar-refractivity contribution in [2.24, 2.45) is 5.41 Å². The first-order valence-corrected chi connectivity index (χ1v) is 7.65. The highest BCUT2D eigenvalue weighted by atomic mass is 16.4. The van der Waals surface area contributed by atoms with Gasteiger partial charge in [-0.1, -0.05) is 38.5 Å². The Morgan fingerprint density at radius 3 is 2.11 bits per heavy atom. The van der Waals surface area contributed by atoms with E-state index in [1.54, 1.807) is 0 Å². The highest BCUT2D eigenvalue weighted by molar-refractivity contribution is 5.85. The van der Waals surface area contributed by atoms with Gasteiger partial charge in [-0.15, -0.1) is 0 Å². The summed E-state index contributed by atoms with van der Waals surface area (Å²) in [6, 6.07) is 0.282. The molecule has 0 bridgehead atoms. The van der Waals surface area contributed by atoms with Gasteiger partial charge in [-0.2, -0.15) is 0 Å². The van der Waals surface area contributed by atoms with E-state index < -0.39 is 11.4 Å². The van der Waals surface area contributed by atoms with Crippen LogP contribution in [-0.4, -0.2) is 23.0 Å². The smallest absolute Gasteiger partial charge is 0.310 e. The molecule has 0 aliphatic heterocycles. The van der Waals surface area contributed by atoms with E-state index in [1.807, 2.05) is 0 Å². The Labute approximate surface area is 115 Å². The Bertz CT molecular complexity index is 326. The Hall–Kier alpha value is -1.06. The van der Waals surface area contributed by atoms with Gasteiger partial charge < -0.3 is 10.4 Å². The average molecular weight is 267 g/mol. The Kier molecular flexibility index (Phi) is 4.83. The maximum absolute atomic E-state index is 12.1. The van der Waals surface area contributed by atoms with Crippen LogP contribution in [0.15, 0.2) is 0 Å². The quantitative estimate of drug-likeness (QED) is 0.770. The van der Waals surface area contributed by atoms with Crippen LogP contribution in [0.4, 0.5) is 0 Å².